The Labute approximate surface area is 181 Å². The first-order chi connectivity index (χ1) is 14.8. The van der Waals surface area contributed by atoms with Crippen molar-refractivity contribution in [1.29, 1.82) is 0 Å². The smallest absolute Gasteiger partial charge is 0.421 e. The number of hydrogen-bond acceptors (Lipinski definition) is 4. The highest BCUT2D eigenvalue weighted by Gasteiger charge is 2.55. The quantitative estimate of drug-likeness (QED) is 0.720. The van der Waals surface area contributed by atoms with Gasteiger partial charge in [0.25, 0.3) is 0 Å². The van der Waals surface area contributed by atoms with Gasteiger partial charge in [0.2, 0.25) is 0 Å². The Hall–Kier alpha value is -2.09. The van der Waals surface area contributed by atoms with Crippen LogP contribution in [-0.4, -0.2) is 32.5 Å². The number of benzene rings is 2. The molecule has 0 amide bonds. The number of halogens is 3. The van der Waals surface area contributed by atoms with Gasteiger partial charge in [-0.25, -0.2) is 0 Å². The zero-order valence-electron chi connectivity index (χ0n) is 17.9. The Balaban J connectivity index is 1.60. The normalized spacial score (nSPS) is 26.4. The summed E-state index contributed by atoms with van der Waals surface area (Å²) >= 11 is 0. The molecule has 2 aromatic rings. The lowest BCUT2D eigenvalue weighted by Crippen LogP contribution is -2.46. The molecule has 0 radical (unpaired) electrons. The minimum atomic E-state index is -4.49. The molecule has 0 spiro atoms. The molecular weight excluding hydrogens is 405 g/mol. The zero-order chi connectivity index (χ0) is 22.1. The molecule has 168 valence electrons. The van der Waals surface area contributed by atoms with E-state index < -0.39 is 11.8 Å². The molecule has 4 rings (SSSR count). The number of piperidine rings is 1. The van der Waals surface area contributed by atoms with Crippen molar-refractivity contribution in [2.24, 2.45) is 0 Å². The highest BCUT2D eigenvalue weighted by atomic mass is 19.4. The summed E-state index contributed by atoms with van der Waals surface area (Å²) in [6.07, 6.45) is -2.02. The molecule has 1 saturated heterocycles. The lowest BCUT2D eigenvalue weighted by atomic mass is 9.85. The standard InChI is InChI=1S/C24H29F3N2O2/c1-23(24(25,26)27)19-13-18(21(30-2)14-17(19)10-12-31-23)15-29-20-9-6-11-28-22(20)16-7-4-3-5-8-16/h3-5,7-8,13-14,20,22,28-29H,6,9-12,15H2,1-2H3/t20-,22-,23?/m0/s1. The van der Waals surface area contributed by atoms with Gasteiger partial charge in [-0.2, -0.15) is 13.2 Å². The first-order valence-corrected chi connectivity index (χ1v) is 10.8. The summed E-state index contributed by atoms with van der Waals surface area (Å²) in [5, 5.41) is 7.14. The molecule has 2 aliphatic heterocycles. The van der Waals surface area contributed by atoms with E-state index in [1.165, 1.54) is 5.56 Å². The molecule has 2 aliphatic rings. The van der Waals surface area contributed by atoms with E-state index in [1.54, 1.807) is 19.2 Å². The van der Waals surface area contributed by atoms with Gasteiger partial charge in [0.05, 0.1) is 13.7 Å². The Morgan fingerprint density at radius 1 is 1.23 bits per heavy atom. The van der Waals surface area contributed by atoms with E-state index in [-0.39, 0.29) is 24.3 Å². The van der Waals surface area contributed by atoms with Crippen LogP contribution in [0, 0.1) is 0 Å². The van der Waals surface area contributed by atoms with Gasteiger partial charge in [-0.1, -0.05) is 30.3 Å². The molecule has 2 N–H and O–H groups in total. The third-order valence-corrected chi connectivity index (χ3v) is 6.50. The number of nitrogens with one attached hydrogen (secondary N) is 2. The fourth-order valence-electron chi connectivity index (χ4n) is 4.68. The monoisotopic (exact) mass is 434 g/mol. The van der Waals surface area contributed by atoms with Crippen molar-refractivity contribution in [3.63, 3.8) is 0 Å². The molecular formula is C24H29F3N2O2. The fraction of sp³-hybridized carbons (Fsp3) is 0.500. The lowest BCUT2D eigenvalue weighted by Gasteiger charge is -2.38. The van der Waals surface area contributed by atoms with Gasteiger partial charge in [0.15, 0.2) is 5.60 Å². The van der Waals surface area contributed by atoms with Gasteiger partial charge in [0, 0.05) is 24.2 Å². The molecule has 4 nitrogen and oxygen atoms in total. The average molecular weight is 435 g/mol. The van der Waals surface area contributed by atoms with E-state index in [2.05, 4.69) is 22.8 Å². The number of rotatable bonds is 5. The summed E-state index contributed by atoms with van der Waals surface area (Å²) in [6.45, 7) is 2.52. The highest BCUT2D eigenvalue weighted by molar-refractivity contribution is 5.47. The predicted molar refractivity (Wildman–Crippen MR) is 113 cm³/mol. The van der Waals surface area contributed by atoms with Gasteiger partial charge in [0.1, 0.15) is 5.75 Å². The molecule has 0 aliphatic carbocycles. The first kappa shape index (κ1) is 22.1. The topological polar surface area (TPSA) is 42.5 Å². The Morgan fingerprint density at radius 3 is 2.71 bits per heavy atom. The summed E-state index contributed by atoms with van der Waals surface area (Å²) in [4.78, 5) is 0. The van der Waals surface area contributed by atoms with Crippen molar-refractivity contribution < 1.29 is 22.6 Å². The number of ether oxygens (including phenoxy) is 2. The zero-order valence-corrected chi connectivity index (χ0v) is 17.9. The lowest BCUT2D eigenvalue weighted by molar-refractivity contribution is -0.281. The third kappa shape index (κ3) is 4.31. The molecule has 2 aromatic carbocycles. The Morgan fingerprint density at radius 2 is 2.00 bits per heavy atom. The van der Waals surface area contributed by atoms with Crippen molar-refractivity contribution in [2.75, 3.05) is 20.3 Å². The van der Waals surface area contributed by atoms with Crippen LogP contribution in [0.1, 0.15) is 48.1 Å². The van der Waals surface area contributed by atoms with Crippen molar-refractivity contribution in [2.45, 2.75) is 56.6 Å². The minimum Gasteiger partial charge on any atom is -0.496 e. The largest absolute Gasteiger partial charge is 0.496 e. The Bertz CT molecular complexity index is 904. The van der Waals surface area contributed by atoms with Crippen LogP contribution in [0.25, 0.3) is 0 Å². The molecule has 1 unspecified atom stereocenters. The number of hydrogen-bond donors (Lipinski definition) is 2. The summed E-state index contributed by atoms with van der Waals surface area (Å²) in [7, 11) is 1.56. The van der Waals surface area contributed by atoms with Crippen LogP contribution in [0.4, 0.5) is 13.2 Å². The molecule has 7 heteroatoms. The second kappa shape index (κ2) is 8.81. The average Bonchev–Trinajstić information content (AvgIpc) is 2.77. The van der Waals surface area contributed by atoms with Gasteiger partial charge >= 0.3 is 6.18 Å². The number of fused-ring (bicyclic) bond motifs is 1. The van der Waals surface area contributed by atoms with Crippen LogP contribution in [0.15, 0.2) is 42.5 Å². The van der Waals surface area contributed by atoms with E-state index >= 15 is 0 Å². The first-order valence-electron chi connectivity index (χ1n) is 10.8. The summed E-state index contributed by atoms with van der Waals surface area (Å²) in [5.41, 5.74) is 0.425. The van der Waals surface area contributed by atoms with Gasteiger partial charge in [-0.15, -0.1) is 0 Å². The van der Waals surface area contributed by atoms with E-state index in [0.717, 1.165) is 26.3 Å². The highest BCUT2D eigenvalue weighted by Crippen LogP contribution is 2.46. The molecule has 3 atom stereocenters. The molecule has 0 saturated carbocycles. The van der Waals surface area contributed by atoms with E-state index in [0.29, 0.717) is 29.8 Å². The van der Waals surface area contributed by atoms with Crippen LogP contribution >= 0.6 is 0 Å². The minimum absolute atomic E-state index is 0.0380. The van der Waals surface area contributed by atoms with Crippen LogP contribution < -0.4 is 15.4 Å². The predicted octanol–water partition coefficient (Wildman–Crippen LogP) is 4.63. The number of methoxy groups -OCH3 is 1. The van der Waals surface area contributed by atoms with Crippen LogP contribution in [0.3, 0.4) is 0 Å². The van der Waals surface area contributed by atoms with E-state index in [9.17, 15) is 13.2 Å². The molecule has 0 bridgehead atoms. The third-order valence-electron chi connectivity index (χ3n) is 6.50. The maximum atomic E-state index is 13.9. The summed E-state index contributed by atoms with van der Waals surface area (Å²) in [6, 6.07) is 13.9. The van der Waals surface area contributed by atoms with Crippen molar-refractivity contribution >= 4 is 0 Å². The van der Waals surface area contributed by atoms with Gasteiger partial charge in [-0.3, -0.25) is 0 Å². The molecule has 1 fully saturated rings. The second-order valence-electron chi connectivity index (χ2n) is 8.42. The van der Waals surface area contributed by atoms with Crippen molar-refractivity contribution in [3.05, 3.63) is 64.7 Å². The second-order valence-corrected chi connectivity index (χ2v) is 8.42. The van der Waals surface area contributed by atoms with Crippen LogP contribution in [-0.2, 0) is 23.3 Å². The van der Waals surface area contributed by atoms with Crippen molar-refractivity contribution in [3.8, 4) is 5.75 Å². The van der Waals surface area contributed by atoms with Gasteiger partial charge in [-0.05, 0) is 61.6 Å². The fourth-order valence-corrected chi connectivity index (χ4v) is 4.68. The summed E-state index contributed by atoms with van der Waals surface area (Å²) < 4.78 is 52.4. The maximum Gasteiger partial charge on any atom is 0.421 e. The van der Waals surface area contributed by atoms with Gasteiger partial charge < -0.3 is 20.1 Å². The molecule has 31 heavy (non-hydrogen) atoms. The van der Waals surface area contributed by atoms with Crippen molar-refractivity contribution in [1.82, 2.24) is 10.6 Å². The SMILES string of the molecule is COc1cc2c(cc1CN[C@H]1CCCN[C@H]1c1ccccc1)C(C)(C(F)(F)F)OCC2. The summed E-state index contributed by atoms with van der Waals surface area (Å²) in [5.74, 6) is 0.609. The maximum absolute atomic E-state index is 13.9. The Kier molecular flexibility index (Phi) is 6.28. The van der Waals surface area contributed by atoms with E-state index in [4.69, 9.17) is 9.47 Å². The van der Waals surface area contributed by atoms with E-state index in [1.807, 2.05) is 18.2 Å². The molecule has 2 heterocycles. The number of alkyl halides is 3. The van der Waals surface area contributed by atoms with Crippen LogP contribution in [0.5, 0.6) is 5.75 Å². The van der Waals surface area contributed by atoms with Crippen LogP contribution in [0.2, 0.25) is 0 Å². The molecule has 0 aromatic heterocycles.